The van der Waals surface area contributed by atoms with Gasteiger partial charge in [0.1, 0.15) is 12.2 Å². The highest BCUT2D eigenvalue weighted by Crippen LogP contribution is 2.72. The van der Waals surface area contributed by atoms with Gasteiger partial charge in [-0.2, -0.15) is 4.98 Å². The molecule has 2 heterocycles. The van der Waals surface area contributed by atoms with Crippen LogP contribution >= 0.6 is 11.6 Å². The minimum Gasteiger partial charge on any atom is -0.479 e. The van der Waals surface area contributed by atoms with Crippen molar-refractivity contribution in [1.82, 2.24) is 19.5 Å². The lowest BCUT2D eigenvalue weighted by atomic mass is 10.0. The number of hydrogen-bond acceptors (Lipinski definition) is 4. The fourth-order valence-corrected chi connectivity index (χ4v) is 3.55. The van der Waals surface area contributed by atoms with E-state index in [0.717, 1.165) is 11.5 Å². The third-order valence-corrected chi connectivity index (χ3v) is 5.42. The Balaban J connectivity index is 2.29. The zero-order valence-corrected chi connectivity index (χ0v) is 14.1. The van der Waals surface area contributed by atoms with Crippen molar-refractivity contribution in [3.8, 4) is 5.88 Å². The van der Waals surface area contributed by atoms with Gasteiger partial charge >= 0.3 is 0 Å². The van der Waals surface area contributed by atoms with Gasteiger partial charge in [-0.15, -0.1) is 11.6 Å². The standard InChI is InChI=1S/C15H21ClN4O/c1-8(16)10-19-9-11(17-7-18-12(9)21-6)20(10)13-14(2,3)15(13,4)5/h7-8,13H,1-6H3. The third-order valence-electron chi connectivity index (χ3n) is 5.22. The van der Waals surface area contributed by atoms with Crippen molar-refractivity contribution in [1.29, 1.82) is 0 Å². The molecule has 6 heteroatoms. The summed E-state index contributed by atoms with van der Waals surface area (Å²) in [6.45, 7) is 11.0. The van der Waals surface area contributed by atoms with Gasteiger partial charge in [-0.3, -0.25) is 0 Å². The molecule has 0 saturated heterocycles. The van der Waals surface area contributed by atoms with E-state index in [1.54, 1.807) is 7.11 Å². The van der Waals surface area contributed by atoms with Crippen LogP contribution in [0.2, 0.25) is 0 Å². The molecule has 0 bridgehead atoms. The van der Waals surface area contributed by atoms with Crippen LogP contribution in [0, 0.1) is 10.8 Å². The molecule has 0 N–H and O–H groups in total. The second-order valence-electron chi connectivity index (χ2n) is 6.86. The molecule has 1 saturated carbocycles. The molecule has 0 radical (unpaired) electrons. The Bertz CT molecular complexity index is 691. The fraction of sp³-hybridized carbons (Fsp3) is 0.667. The summed E-state index contributed by atoms with van der Waals surface area (Å²) in [5.74, 6) is 1.32. The normalized spacial score (nSPS) is 21.5. The van der Waals surface area contributed by atoms with Crippen LogP contribution in [0.4, 0.5) is 0 Å². The number of rotatable bonds is 3. The van der Waals surface area contributed by atoms with Gasteiger partial charge in [-0.1, -0.05) is 27.7 Å². The molecule has 0 aliphatic heterocycles. The number of fused-ring (bicyclic) bond motifs is 1. The van der Waals surface area contributed by atoms with Crippen LogP contribution in [0.15, 0.2) is 6.33 Å². The molecule has 0 spiro atoms. The van der Waals surface area contributed by atoms with Crippen LogP contribution in [0.25, 0.3) is 11.2 Å². The third kappa shape index (κ3) is 1.79. The van der Waals surface area contributed by atoms with Crippen LogP contribution in [0.1, 0.15) is 51.9 Å². The number of hydrogen-bond donors (Lipinski definition) is 0. The number of alkyl halides is 1. The van der Waals surface area contributed by atoms with Crippen LogP contribution in [-0.2, 0) is 0 Å². The molecule has 21 heavy (non-hydrogen) atoms. The van der Waals surface area contributed by atoms with Crippen molar-refractivity contribution in [2.45, 2.75) is 46.0 Å². The molecular weight excluding hydrogens is 288 g/mol. The summed E-state index contributed by atoms with van der Waals surface area (Å²) in [6, 6.07) is 0.311. The largest absolute Gasteiger partial charge is 0.479 e. The van der Waals surface area contributed by atoms with E-state index in [-0.39, 0.29) is 16.2 Å². The lowest BCUT2D eigenvalue weighted by Gasteiger charge is -2.12. The van der Waals surface area contributed by atoms with E-state index in [2.05, 4.69) is 47.2 Å². The number of methoxy groups -OCH3 is 1. The second-order valence-corrected chi connectivity index (χ2v) is 7.51. The molecule has 2 aromatic rings. The smallest absolute Gasteiger partial charge is 0.245 e. The number of halogens is 1. The molecule has 1 atom stereocenters. The van der Waals surface area contributed by atoms with Gasteiger partial charge in [0.05, 0.1) is 12.5 Å². The summed E-state index contributed by atoms with van der Waals surface area (Å²) in [5.41, 5.74) is 1.81. The first-order chi connectivity index (χ1) is 9.73. The van der Waals surface area contributed by atoms with Crippen LogP contribution in [-0.4, -0.2) is 26.6 Å². The van der Waals surface area contributed by atoms with Crippen molar-refractivity contribution < 1.29 is 4.74 Å². The van der Waals surface area contributed by atoms with Crippen molar-refractivity contribution in [2.24, 2.45) is 10.8 Å². The van der Waals surface area contributed by atoms with E-state index in [4.69, 9.17) is 16.3 Å². The Morgan fingerprint density at radius 3 is 2.33 bits per heavy atom. The summed E-state index contributed by atoms with van der Waals surface area (Å²) in [7, 11) is 1.59. The minimum absolute atomic E-state index is 0.166. The van der Waals surface area contributed by atoms with Crippen molar-refractivity contribution >= 4 is 22.8 Å². The van der Waals surface area contributed by atoms with Crippen molar-refractivity contribution in [3.05, 3.63) is 12.2 Å². The van der Waals surface area contributed by atoms with Gasteiger partial charge in [0.2, 0.25) is 5.88 Å². The Morgan fingerprint density at radius 2 is 1.86 bits per heavy atom. The number of nitrogens with zero attached hydrogens (tertiary/aromatic N) is 4. The topological polar surface area (TPSA) is 52.8 Å². The average Bonchev–Trinajstić information content (AvgIpc) is 2.73. The van der Waals surface area contributed by atoms with Gasteiger partial charge < -0.3 is 9.30 Å². The van der Waals surface area contributed by atoms with Crippen LogP contribution in [0.3, 0.4) is 0 Å². The number of imidazole rings is 1. The van der Waals surface area contributed by atoms with E-state index in [0.29, 0.717) is 17.4 Å². The first kappa shape index (κ1) is 14.6. The summed E-state index contributed by atoms with van der Waals surface area (Å²) >= 11 is 6.36. The lowest BCUT2D eigenvalue weighted by molar-refractivity contribution is 0.401. The predicted molar refractivity (Wildman–Crippen MR) is 82.7 cm³/mol. The Kier molecular flexibility index (Phi) is 3.00. The van der Waals surface area contributed by atoms with Crippen molar-refractivity contribution in [2.75, 3.05) is 7.11 Å². The molecule has 0 amide bonds. The van der Waals surface area contributed by atoms with E-state index in [1.807, 2.05) is 6.92 Å². The van der Waals surface area contributed by atoms with E-state index in [9.17, 15) is 0 Å². The van der Waals surface area contributed by atoms with Crippen molar-refractivity contribution in [3.63, 3.8) is 0 Å². The Labute approximate surface area is 129 Å². The van der Waals surface area contributed by atoms with E-state index in [1.165, 1.54) is 6.33 Å². The Morgan fingerprint density at radius 1 is 1.24 bits per heavy atom. The Hall–Kier alpha value is -1.36. The fourth-order valence-electron chi connectivity index (χ4n) is 3.40. The van der Waals surface area contributed by atoms with Gasteiger partial charge in [0.25, 0.3) is 0 Å². The summed E-state index contributed by atoms with van der Waals surface area (Å²) in [4.78, 5) is 13.2. The molecule has 1 aliphatic rings. The highest BCUT2D eigenvalue weighted by molar-refractivity contribution is 6.20. The van der Waals surface area contributed by atoms with Crippen LogP contribution in [0.5, 0.6) is 5.88 Å². The lowest BCUT2D eigenvalue weighted by Crippen LogP contribution is -2.07. The molecule has 0 aromatic carbocycles. The maximum atomic E-state index is 6.36. The van der Waals surface area contributed by atoms with E-state index >= 15 is 0 Å². The van der Waals surface area contributed by atoms with Gasteiger partial charge in [-0.05, 0) is 17.8 Å². The molecule has 3 rings (SSSR count). The summed E-state index contributed by atoms with van der Waals surface area (Å²) < 4.78 is 7.49. The highest BCUT2D eigenvalue weighted by Gasteiger charge is 2.66. The van der Waals surface area contributed by atoms with E-state index < -0.39 is 0 Å². The number of ether oxygens (including phenoxy) is 1. The zero-order valence-electron chi connectivity index (χ0n) is 13.3. The summed E-state index contributed by atoms with van der Waals surface area (Å²) in [5, 5.41) is -0.198. The maximum Gasteiger partial charge on any atom is 0.245 e. The second kappa shape index (κ2) is 4.32. The average molecular weight is 309 g/mol. The molecule has 2 aromatic heterocycles. The molecule has 1 unspecified atom stereocenters. The zero-order chi connectivity index (χ0) is 15.6. The van der Waals surface area contributed by atoms with Gasteiger partial charge in [0.15, 0.2) is 11.2 Å². The monoisotopic (exact) mass is 308 g/mol. The predicted octanol–water partition coefficient (Wildman–Crippen LogP) is 3.74. The maximum absolute atomic E-state index is 6.36. The van der Waals surface area contributed by atoms with Crippen LogP contribution < -0.4 is 4.74 Å². The molecular formula is C15H21ClN4O. The minimum atomic E-state index is -0.198. The van der Waals surface area contributed by atoms with Gasteiger partial charge in [0, 0.05) is 6.04 Å². The quantitative estimate of drug-likeness (QED) is 0.810. The SMILES string of the molecule is COc1ncnc2c1nc(C(C)Cl)n2C1C(C)(C)C1(C)C. The molecule has 5 nitrogen and oxygen atoms in total. The molecule has 1 aliphatic carbocycles. The first-order valence-corrected chi connectivity index (χ1v) is 7.58. The number of aromatic nitrogens is 4. The first-order valence-electron chi connectivity index (χ1n) is 7.14. The van der Waals surface area contributed by atoms with Gasteiger partial charge in [-0.25, -0.2) is 9.97 Å². The molecule has 1 fully saturated rings. The summed E-state index contributed by atoms with van der Waals surface area (Å²) in [6.07, 6.45) is 1.52. The molecule has 114 valence electrons. The highest BCUT2D eigenvalue weighted by atomic mass is 35.5.